The number of rotatable bonds is 4. The van der Waals surface area contributed by atoms with Crippen molar-refractivity contribution in [2.45, 2.75) is 45.0 Å². The van der Waals surface area contributed by atoms with E-state index in [-0.39, 0.29) is 12.0 Å². The summed E-state index contributed by atoms with van der Waals surface area (Å²) < 4.78 is 43.3. The van der Waals surface area contributed by atoms with Crippen LogP contribution in [-0.2, 0) is 9.53 Å². The van der Waals surface area contributed by atoms with Gasteiger partial charge in [-0.25, -0.2) is 4.79 Å². The molecule has 3 saturated heterocycles. The average molecular weight is 461 g/mol. The van der Waals surface area contributed by atoms with Crippen molar-refractivity contribution in [3.63, 3.8) is 0 Å². The summed E-state index contributed by atoms with van der Waals surface area (Å²) in [5, 5.41) is 7.12. The number of halogens is 3. The summed E-state index contributed by atoms with van der Waals surface area (Å²) in [6.45, 7) is 11.6. The number of likely N-dealkylation sites (tertiary alicyclic amines) is 2. The molecule has 8 nitrogen and oxygen atoms in total. The molecule has 1 amide bonds. The molecule has 0 unspecified atom stereocenters. The van der Waals surface area contributed by atoms with Gasteiger partial charge < -0.3 is 24.1 Å². The molecule has 11 heteroatoms. The van der Waals surface area contributed by atoms with E-state index in [0.29, 0.717) is 23.9 Å². The van der Waals surface area contributed by atoms with E-state index in [4.69, 9.17) is 19.1 Å². The minimum atomic E-state index is -5.08. The number of fused-ring (bicyclic) bond motifs is 1. The highest BCUT2D eigenvalue weighted by molar-refractivity contribution is 5.95. The SMILES string of the molecule is Cc1cc(C(=O)N2C[C@@H]3OCCN(CCN4CCCC4)[C@@H]3C2)c(C)o1.O=C(O)C(F)(F)F. The second-order valence-corrected chi connectivity index (χ2v) is 8.40. The number of alkyl halides is 3. The fraction of sp³-hybridized carbons (Fsp3) is 0.714. The summed E-state index contributed by atoms with van der Waals surface area (Å²) >= 11 is 0. The van der Waals surface area contributed by atoms with Crippen LogP contribution < -0.4 is 0 Å². The van der Waals surface area contributed by atoms with Gasteiger partial charge in [0.2, 0.25) is 0 Å². The number of aliphatic carboxylic acids is 1. The molecule has 3 aliphatic heterocycles. The lowest BCUT2D eigenvalue weighted by atomic mass is 10.1. The third-order valence-corrected chi connectivity index (χ3v) is 6.12. The highest BCUT2D eigenvalue weighted by Gasteiger charge is 2.42. The molecule has 0 radical (unpaired) electrons. The third kappa shape index (κ3) is 6.02. The number of amides is 1. The summed E-state index contributed by atoms with van der Waals surface area (Å²) in [5.74, 6) is -1.18. The van der Waals surface area contributed by atoms with Crippen LogP contribution in [0.25, 0.3) is 0 Å². The zero-order valence-electron chi connectivity index (χ0n) is 18.4. The predicted molar refractivity (Wildman–Crippen MR) is 109 cm³/mol. The molecule has 1 aromatic heterocycles. The molecule has 32 heavy (non-hydrogen) atoms. The number of ether oxygens (including phenoxy) is 1. The predicted octanol–water partition coefficient (Wildman–Crippen LogP) is 2.15. The normalized spacial score (nSPS) is 24.2. The molecular weight excluding hydrogens is 431 g/mol. The molecule has 2 atom stereocenters. The van der Waals surface area contributed by atoms with Crippen LogP contribution in [0.4, 0.5) is 13.2 Å². The van der Waals surface area contributed by atoms with Gasteiger partial charge in [-0.3, -0.25) is 9.69 Å². The van der Waals surface area contributed by atoms with Crippen LogP contribution >= 0.6 is 0 Å². The van der Waals surface area contributed by atoms with Gasteiger partial charge in [0.05, 0.1) is 24.3 Å². The molecule has 3 aliphatic rings. The highest BCUT2D eigenvalue weighted by Crippen LogP contribution is 2.26. The first-order valence-electron chi connectivity index (χ1n) is 10.8. The Labute approximate surface area is 184 Å². The molecule has 180 valence electrons. The van der Waals surface area contributed by atoms with Crippen molar-refractivity contribution < 1.29 is 37.0 Å². The van der Waals surface area contributed by atoms with E-state index in [9.17, 15) is 18.0 Å². The summed E-state index contributed by atoms with van der Waals surface area (Å²) in [6, 6.07) is 2.18. The van der Waals surface area contributed by atoms with Crippen molar-refractivity contribution in [1.82, 2.24) is 14.7 Å². The molecule has 0 aliphatic carbocycles. The molecule has 0 aromatic carbocycles. The Bertz CT molecular complexity index is 807. The summed E-state index contributed by atoms with van der Waals surface area (Å²) in [7, 11) is 0. The monoisotopic (exact) mass is 461 g/mol. The summed E-state index contributed by atoms with van der Waals surface area (Å²) in [4.78, 5) is 28.8. The van der Waals surface area contributed by atoms with Gasteiger partial charge in [0.15, 0.2) is 0 Å². The van der Waals surface area contributed by atoms with Gasteiger partial charge in [-0.15, -0.1) is 0 Å². The molecule has 0 saturated carbocycles. The minimum absolute atomic E-state index is 0.0758. The molecule has 3 fully saturated rings. The fourth-order valence-corrected chi connectivity index (χ4v) is 4.49. The van der Waals surface area contributed by atoms with Gasteiger partial charge >= 0.3 is 12.1 Å². The van der Waals surface area contributed by atoms with Crippen LogP contribution in [0.1, 0.15) is 34.7 Å². The van der Waals surface area contributed by atoms with E-state index in [0.717, 1.165) is 38.5 Å². The number of aryl methyl sites for hydroxylation is 2. The Morgan fingerprint density at radius 3 is 2.34 bits per heavy atom. The lowest BCUT2D eigenvalue weighted by molar-refractivity contribution is -0.192. The highest BCUT2D eigenvalue weighted by atomic mass is 19.4. The van der Waals surface area contributed by atoms with E-state index < -0.39 is 12.1 Å². The smallest absolute Gasteiger partial charge is 0.475 e. The molecule has 4 rings (SSSR count). The maximum absolute atomic E-state index is 12.9. The zero-order chi connectivity index (χ0) is 23.5. The van der Waals surface area contributed by atoms with Crippen molar-refractivity contribution in [2.24, 2.45) is 0 Å². The Balaban J connectivity index is 0.000000360. The number of carboxylic acids is 1. The Kier molecular flexibility index (Phi) is 7.84. The van der Waals surface area contributed by atoms with Crippen molar-refractivity contribution in [2.75, 3.05) is 52.4 Å². The number of carboxylic acid groups (broad SMARTS) is 1. The average Bonchev–Trinajstić information content (AvgIpc) is 3.45. The van der Waals surface area contributed by atoms with Crippen molar-refractivity contribution in [3.8, 4) is 0 Å². The summed E-state index contributed by atoms with van der Waals surface area (Å²) in [5.41, 5.74) is 0.694. The minimum Gasteiger partial charge on any atom is -0.475 e. The zero-order valence-corrected chi connectivity index (χ0v) is 18.4. The molecule has 0 bridgehead atoms. The number of furan rings is 1. The molecular formula is C21H30F3N3O5. The van der Waals surface area contributed by atoms with E-state index >= 15 is 0 Å². The number of hydrogen-bond acceptors (Lipinski definition) is 6. The van der Waals surface area contributed by atoms with Gasteiger partial charge in [-0.1, -0.05) is 0 Å². The van der Waals surface area contributed by atoms with E-state index in [1.165, 1.54) is 25.9 Å². The lowest BCUT2D eigenvalue weighted by Crippen LogP contribution is -2.52. The van der Waals surface area contributed by atoms with Gasteiger partial charge in [0.1, 0.15) is 11.5 Å². The third-order valence-electron chi connectivity index (χ3n) is 6.12. The van der Waals surface area contributed by atoms with Crippen LogP contribution in [0.15, 0.2) is 10.5 Å². The van der Waals surface area contributed by atoms with Crippen LogP contribution in [0.3, 0.4) is 0 Å². The van der Waals surface area contributed by atoms with Gasteiger partial charge in [0.25, 0.3) is 5.91 Å². The molecule has 4 heterocycles. The van der Waals surface area contributed by atoms with Crippen LogP contribution in [-0.4, -0.2) is 102 Å². The number of morpholine rings is 1. The summed E-state index contributed by atoms with van der Waals surface area (Å²) in [6.07, 6.45) is -2.27. The van der Waals surface area contributed by atoms with Crippen LogP contribution in [0, 0.1) is 13.8 Å². The van der Waals surface area contributed by atoms with Gasteiger partial charge in [-0.2, -0.15) is 13.2 Å². The first kappa shape index (κ1) is 24.5. The van der Waals surface area contributed by atoms with E-state index in [1.54, 1.807) is 0 Å². The van der Waals surface area contributed by atoms with Crippen LogP contribution in [0.5, 0.6) is 0 Å². The van der Waals surface area contributed by atoms with Gasteiger partial charge in [0, 0.05) is 32.7 Å². The number of hydrogen-bond donors (Lipinski definition) is 1. The maximum atomic E-state index is 12.9. The first-order valence-corrected chi connectivity index (χ1v) is 10.8. The molecule has 0 spiro atoms. The Hall–Kier alpha value is -2.11. The maximum Gasteiger partial charge on any atom is 0.490 e. The largest absolute Gasteiger partial charge is 0.490 e. The quantitative estimate of drug-likeness (QED) is 0.735. The fourth-order valence-electron chi connectivity index (χ4n) is 4.49. The Morgan fingerprint density at radius 1 is 1.12 bits per heavy atom. The van der Waals surface area contributed by atoms with Crippen molar-refractivity contribution >= 4 is 11.9 Å². The van der Waals surface area contributed by atoms with E-state index in [1.807, 2.05) is 24.8 Å². The second-order valence-electron chi connectivity index (χ2n) is 8.40. The van der Waals surface area contributed by atoms with Crippen molar-refractivity contribution in [1.29, 1.82) is 0 Å². The standard InChI is InChI=1S/C19H29N3O3.C2HF3O2/c1-14-11-16(15(2)25-14)19(23)22-12-17-18(13-22)24-10-9-21(17)8-7-20-5-3-4-6-20;3-2(4,5)1(6)7/h11,17-18H,3-10,12-13H2,1-2H3;(H,6,7)/t17-,18+;/m1./s1. The topological polar surface area (TPSA) is 86.5 Å². The number of nitrogens with zero attached hydrogens (tertiary/aromatic N) is 3. The first-order chi connectivity index (χ1) is 15.1. The van der Waals surface area contributed by atoms with Crippen LogP contribution in [0.2, 0.25) is 0 Å². The number of carbonyl (C=O) groups is 2. The Morgan fingerprint density at radius 2 is 1.78 bits per heavy atom. The lowest BCUT2D eigenvalue weighted by Gasteiger charge is -2.37. The van der Waals surface area contributed by atoms with Gasteiger partial charge in [-0.05, 0) is 45.8 Å². The van der Waals surface area contributed by atoms with Crippen molar-refractivity contribution in [3.05, 3.63) is 23.2 Å². The van der Waals surface area contributed by atoms with E-state index in [2.05, 4.69) is 9.80 Å². The molecule has 1 N–H and O–H groups in total. The molecule has 1 aromatic rings. The second kappa shape index (κ2) is 10.2. The number of carbonyl (C=O) groups excluding carboxylic acids is 1.